The van der Waals surface area contributed by atoms with Crippen LogP contribution < -0.4 is 9.77 Å². The van der Waals surface area contributed by atoms with Gasteiger partial charge < -0.3 is 0 Å². The van der Waals surface area contributed by atoms with E-state index in [1.54, 1.807) is 41.5 Å². The van der Waals surface area contributed by atoms with Crippen molar-refractivity contribution in [1.29, 1.82) is 0 Å². The topological polar surface area (TPSA) is 76.7 Å². The van der Waals surface area contributed by atoms with E-state index in [1.807, 2.05) is 9.77 Å². The van der Waals surface area contributed by atoms with Gasteiger partial charge in [0.25, 0.3) is 0 Å². The van der Waals surface area contributed by atoms with Crippen LogP contribution in [0.1, 0.15) is 41.5 Å². The van der Waals surface area contributed by atoms with E-state index in [0.717, 1.165) is 0 Å². The first-order chi connectivity index (χ1) is 6.41. The van der Waals surface area contributed by atoms with Gasteiger partial charge in [-0.05, 0) is 41.5 Å². The zero-order valence-electron chi connectivity index (χ0n) is 10.0. The molecule has 6 nitrogen and oxygen atoms in total. The van der Waals surface area contributed by atoms with Crippen LogP contribution in [0.15, 0.2) is 0 Å². The maximum absolute atomic E-state index is 11.3. The molecule has 0 aromatic heterocycles. The van der Waals surface area contributed by atoms with Gasteiger partial charge in [0.2, 0.25) is 0 Å². The Morgan fingerprint density at radius 2 is 1.07 bits per heavy atom. The van der Waals surface area contributed by atoms with Gasteiger partial charge in [-0.1, -0.05) is 9.77 Å². The van der Waals surface area contributed by atoms with Crippen molar-refractivity contribution in [1.82, 2.24) is 9.77 Å². The fourth-order valence-electron chi connectivity index (χ4n) is 0.377. The molecule has 0 spiro atoms. The monoisotopic (exact) mass is 240 g/mol. The van der Waals surface area contributed by atoms with Gasteiger partial charge in [0.15, 0.2) is 0 Å². The van der Waals surface area contributed by atoms with Crippen LogP contribution in [-0.2, 0) is 19.9 Å². The second-order valence-electron chi connectivity index (χ2n) is 5.10. The Balaban J connectivity index is 4.11. The molecule has 0 fully saturated rings. The molecule has 0 atom stereocenters. The summed E-state index contributed by atoms with van der Waals surface area (Å²) in [5.74, 6) is 0. The largest absolute Gasteiger partial charge is 0.321 e. The number of hydrogen-bond donors (Lipinski definition) is 2. The highest BCUT2D eigenvalue weighted by Gasteiger charge is 2.20. The molecule has 7 heteroatoms. The van der Waals surface area contributed by atoms with Gasteiger partial charge in [-0.2, -0.15) is 8.42 Å². The smallest absolute Gasteiger partial charge is 0.280 e. The lowest BCUT2D eigenvalue weighted by Gasteiger charge is -2.22. The van der Waals surface area contributed by atoms with Crippen molar-refractivity contribution in [2.75, 3.05) is 0 Å². The summed E-state index contributed by atoms with van der Waals surface area (Å²) in [6.45, 7) is 10.3. The SMILES string of the molecule is CC(C)(C)ONS(=O)(=O)NOC(C)(C)C. The van der Waals surface area contributed by atoms with E-state index < -0.39 is 21.4 Å². The molecule has 2 N–H and O–H groups in total. The molecule has 0 aliphatic carbocycles. The average molecular weight is 240 g/mol. The van der Waals surface area contributed by atoms with Crippen LogP contribution in [0.3, 0.4) is 0 Å². The van der Waals surface area contributed by atoms with Crippen molar-refractivity contribution < 1.29 is 18.1 Å². The Morgan fingerprint density at radius 1 is 0.800 bits per heavy atom. The van der Waals surface area contributed by atoms with Crippen LogP contribution in [-0.4, -0.2) is 19.6 Å². The molecule has 0 heterocycles. The predicted molar refractivity (Wildman–Crippen MR) is 56.9 cm³/mol. The lowest BCUT2D eigenvalue weighted by atomic mass is 10.2. The number of rotatable bonds is 4. The third-order valence-electron chi connectivity index (χ3n) is 0.915. The van der Waals surface area contributed by atoms with Crippen molar-refractivity contribution in [2.24, 2.45) is 0 Å². The molecule has 15 heavy (non-hydrogen) atoms. The van der Waals surface area contributed by atoms with Gasteiger partial charge in [-0.3, -0.25) is 9.68 Å². The van der Waals surface area contributed by atoms with Crippen molar-refractivity contribution in [3.05, 3.63) is 0 Å². The summed E-state index contributed by atoms with van der Waals surface area (Å²) in [6, 6.07) is 0. The Labute approximate surface area is 91.4 Å². The molecule has 0 bridgehead atoms. The van der Waals surface area contributed by atoms with E-state index >= 15 is 0 Å². The lowest BCUT2D eigenvalue weighted by Crippen LogP contribution is -2.43. The molecule has 0 saturated heterocycles. The highest BCUT2D eigenvalue weighted by atomic mass is 32.2. The van der Waals surface area contributed by atoms with Gasteiger partial charge in [0.1, 0.15) is 0 Å². The predicted octanol–water partition coefficient (Wildman–Crippen LogP) is 0.871. The normalized spacial score (nSPS) is 14.3. The minimum atomic E-state index is -3.79. The molecule has 0 aliphatic rings. The summed E-state index contributed by atoms with van der Waals surface area (Å²) in [5, 5.41) is 0. The highest BCUT2D eigenvalue weighted by Crippen LogP contribution is 2.06. The minimum absolute atomic E-state index is 0.601. The average Bonchev–Trinajstić information content (AvgIpc) is 1.96. The summed E-state index contributed by atoms with van der Waals surface area (Å²) >= 11 is 0. The fourth-order valence-corrected chi connectivity index (χ4v) is 1.13. The van der Waals surface area contributed by atoms with Crippen LogP contribution in [0, 0.1) is 0 Å². The van der Waals surface area contributed by atoms with Crippen LogP contribution >= 0.6 is 0 Å². The Morgan fingerprint density at radius 3 is 1.27 bits per heavy atom. The van der Waals surface area contributed by atoms with Crippen LogP contribution in [0.25, 0.3) is 0 Å². The zero-order chi connectivity index (χ0) is 12.3. The fraction of sp³-hybridized carbons (Fsp3) is 1.00. The molecule has 0 saturated carbocycles. The molecule has 0 unspecified atom stereocenters. The Hall–Kier alpha value is -0.210. The molecular formula is C8H20N2O4S. The first kappa shape index (κ1) is 14.8. The van der Waals surface area contributed by atoms with Gasteiger partial charge >= 0.3 is 10.2 Å². The van der Waals surface area contributed by atoms with Crippen LogP contribution in [0.5, 0.6) is 0 Å². The second-order valence-corrected chi connectivity index (χ2v) is 6.44. The first-order valence-electron chi connectivity index (χ1n) is 4.56. The molecule has 0 radical (unpaired) electrons. The van der Waals surface area contributed by atoms with Crippen molar-refractivity contribution >= 4 is 10.2 Å². The van der Waals surface area contributed by atoms with Crippen molar-refractivity contribution in [2.45, 2.75) is 52.7 Å². The zero-order valence-corrected chi connectivity index (χ0v) is 10.9. The molecule has 92 valence electrons. The van der Waals surface area contributed by atoms with E-state index in [-0.39, 0.29) is 0 Å². The van der Waals surface area contributed by atoms with Gasteiger partial charge in [0.05, 0.1) is 11.2 Å². The quantitative estimate of drug-likeness (QED) is 0.715. The standard InChI is InChI=1S/C8H20N2O4S/c1-7(2,3)13-9-15(11,12)10-14-8(4,5)6/h9-10H,1-6H3. The van der Waals surface area contributed by atoms with Crippen molar-refractivity contribution in [3.8, 4) is 0 Å². The van der Waals surface area contributed by atoms with E-state index in [2.05, 4.69) is 0 Å². The second kappa shape index (κ2) is 4.75. The van der Waals surface area contributed by atoms with Crippen LogP contribution in [0.4, 0.5) is 0 Å². The van der Waals surface area contributed by atoms with E-state index in [0.29, 0.717) is 0 Å². The van der Waals surface area contributed by atoms with Gasteiger partial charge in [0, 0.05) is 0 Å². The van der Waals surface area contributed by atoms with Crippen LogP contribution in [0.2, 0.25) is 0 Å². The number of nitrogens with one attached hydrogen (secondary N) is 2. The third-order valence-corrected chi connectivity index (χ3v) is 1.52. The van der Waals surface area contributed by atoms with E-state index in [1.165, 1.54) is 0 Å². The first-order valence-corrected chi connectivity index (χ1v) is 6.04. The minimum Gasteiger partial charge on any atom is -0.280 e. The Kier molecular flexibility index (Phi) is 4.68. The van der Waals surface area contributed by atoms with Gasteiger partial charge in [-0.25, -0.2) is 0 Å². The van der Waals surface area contributed by atoms with Crippen molar-refractivity contribution in [3.63, 3.8) is 0 Å². The maximum Gasteiger partial charge on any atom is 0.321 e. The summed E-state index contributed by atoms with van der Waals surface area (Å²) in [5.41, 5.74) is -1.20. The number of hydrogen-bond acceptors (Lipinski definition) is 4. The Bertz CT molecular complexity index is 263. The summed E-state index contributed by atoms with van der Waals surface area (Å²) in [7, 11) is -3.79. The molecule has 0 aromatic rings. The summed E-state index contributed by atoms with van der Waals surface area (Å²) < 4.78 is 22.5. The summed E-state index contributed by atoms with van der Waals surface area (Å²) in [4.78, 5) is 13.6. The molecule has 0 amide bonds. The molecular weight excluding hydrogens is 220 g/mol. The molecule has 0 rings (SSSR count). The highest BCUT2D eigenvalue weighted by molar-refractivity contribution is 7.87. The van der Waals surface area contributed by atoms with E-state index in [4.69, 9.17) is 9.68 Å². The molecule has 0 aromatic carbocycles. The molecule has 0 aliphatic heterocycles. The van der Waals surface area contributed by atoms with E-state index in [9.17, 15) is 8.42 Å². The van der Waals surface area contributed by atoms with Gasteiger partial charge in [-0.15, -0.1) is 0 Å². The third kappa shape index (κ3) is 10.1. The summed E-state index contributed by atoms with van der Waals surface area (Å²) in [6.07, 6.45) is 0. The lowest BCUT2D eigenvalue weighted by molar-refractivity contribution is -0.0563. The maximum atomic E-state index is 11.3.